The Morgan fingerprint density at radius 1 is 1.14 bits per heavy atom. The van der Waals surface area contributed by atoms with Crippen LogP contribution in [0.15, 0.2) is 54.7 Å². The van der Waals surface area contributed by atoms with Crippen LogP contribution in [0.1, 0.15) is 28.9 Å². The Kier molecular flexibility index (Phi) is 5.29. The highest BCUT2D eigenvalue weighted by Gasteiger charge is 2.26. The third-order valence-corrected chi connectivity index (χ3v) is 5.72. The summed E-state index contributed by atoms with van der Waals surface area (Å²) >= 11 is 0. The molecule has 2 heterocycles. The minimum atomic E-state index is -0.126. The number of nitrogens with zero attached hydrogens (tertiary/aromatic N) is 2. The number of hydrogen-bond donors (Lipinski definition) is 0. The zero-order chi connectivity index (χ0) is 19.5. The van der Waals surface area contributed by atoms with E-state index in [0.717, 1.165) is 42.8 Å². The molecule has 4 nitrogen and oxygen atoms in total. The van der Waals surface area contributed by atoms with Gasteiger partial charge in [-0.15, -0.1) is 0 Å². The van der Waals surface area contributed by atoms with Crippen LogP contribution in [-0.4, -0.2) is 22.6 Å². The van der Waals surface area contributed by atoms with Crippen LogP contribution in [0.5, 0.6) is 0 Å². The second-order valence-corrected chi connectivity index (χ2v) is 7.58. The van der Waals surface area contributed by atoms with Crippen LogP contribution in [-0.2, 0) is 35.3 Å². The summed E-state index contributed by atoms with van der Waals surface area (Å²) in [6.45, 7) is 2.83. The number of fused-ring (bicyclic) bond motifs is 1. The van der Waals surface area contributed by atoms with E-state index in [1.54, 1.807) is 0 Å². The lowest BCUT2D eigenvalue weighted by molar-refractivity contribution is -0.146. The van der Waals surface area contributed by atoms with Crippen LogP contribution < -0.4 is 0 Å². The standard InChI is InChI=1S/C24H26N2O2/c1-17-5-3-4-6-19(17)10-7-18-8-11-20(12-9-18)22-16-26-15-21(24(27)28-2)13-14-23(26)25-22/h3-6,8-9,11-12,16,21H,7,10,13-15H2,1-2H3. The number of rotatable bonds is 5. The molecule has 0 spiro atoms. The SMILES string of the molecule is COC(=O)C1CCc2nc(-c3ccc(CCc4ccccc4C)cc3)cn2C1. The van der Waals surface area contributed by atoms with Crippen molar-refractivity contribution in [1.29, 1.82) is 0 Å². The molecule has 4 heteroatoms. The number of hydrogen-bond acceptors (Lipinski definition) is 3. The van der Waals surface area contributed by atoms with Crippen molar-refractivity contribution in [2.45, 2.75) is 39.2 Å². The summed E-state index contributed by atoms with van der Waals surface area (Å²) < 4.78 is 7.00. The van der Waals surface area contributed by atoms with E-state index in [-0.39, 0.29) is 11.9 Å². The third kappa shape index (κ3) is 3.86. The van der Waals surface area contributed by atoms with Gasteiger partial charge in [0, 0.05) is 24.7 Å². The van der Waals surface area contributed by atoms with E-state index in [1.807, 2.05) is 0 Å². The first-order valence-corrected chi connectivity index (χ1v) is 9.91. The molecule has 144 valence electrons. The van der Waals surface area contributed by atoms with Crippen LogP contribution in [0, 0.1) is 12.8 Å². The average molecular weight is 374 g/mol. The van der Waals surface area contributed by atoms with E-state index < -0.39 is 0 Å². The number of ether oxygens (including phenoxy) is 1. The molecule has 0 aliphatic carbocycles. The van der Waals surface area contributed by atoms with Gasteiger partial charge in [-0.2, -0.15) is 0 Å². The lowest BCUT2D eigenvalue weighted by Crippen LogP contribution is -2.27. The quantitative estimate of drug-likeness (QED) is 0.623. The Morgan fingerprint density at radius 2 is 1.93 bits per heavy atom. The minimum absolute atomic E-state index is 0.0663. The van der Waals surface area contributed by atoms with E-state index in [0.29, 0.717) is 6.54 Å². The summed E-state index contributed by atoms with van der Waals surface area (Å²) in [5, 5.41) is 0. The van der Waals surface area contributed by atoms with Gasteiger partial charge in [-0.05, 0) is 42.9 Å². The highest BCUT2D eigenvalue weighted by atomic mass is 16.5. The zero-order valence-corrected chi connectivity index (χ0v) is 16.5. The molecule has 1 unspecified atom stereocenters. The molecule has 0 fully saturated rings. The van der Waals surface area contributed by atoms with Crippen molar-refractivity contribution in [2.24, 2.45) is 5.92 Å². The summed E-state index contributed by atoms with van der Waals surface area (Å²) in [6, 6.07) is 17.3. The second-order valence-electron chi connectivity index (χ2n) is 7.58. The molecular weight excluding hydrogens is 348 g/mol. The van der Waals surface area contributed by atoms with Gasteiger partial charge >= 0.3 is 5.97 Å². The lowest BCUT2D eigenvalue weighted by atomic mass is 10.00. The molecule has 1 aliphatic rings. The van der Waals surface area contributed by atoms with Crippen molar-refractivity contribution >= 4 is 5.97 Å². The highest BCUT2D eigenvalue weighted by Crippen LogP contribution is 2.26. The fourth-order valence-electron chi connectivity index (χ4n) is 3.95. The summed E-state index contributed by atoms with van der Waals surface area (Å²) in [7, 11) is 1.46. The van der Waals surface area contributed by atoms with E-state index in [9.17, 15) is 4.79 Å². The van der Waals surface area contributed by atoms with Crippen molar-refractivity contribution in [3.8, 4) is 11.3 Å². The number of imidazole rings is 1. The van der Waals surface area contributed by atoms with E-state index in [4.69, 9.17) is 9.72 Å². The van der Waals surface area contributed by atoms with Gasteiger partial charge < -0.3 is 9.30 Å². The van der Waals surface area contributed by atoms with E-state index >= 15 is 0 Å². The summed E-state index contributed by atoms with van der Waals surface area (Å²) in [6.07, 6.45) is 5.77. The van der Waals surface area contributed by atoms with Crippen LogP contribution in [0.2, 0.25) is 0 Å². The molecular formula is C24H26N2O2. The predicted octanol–water partition coefficient (Wildman–Crippen LogP) is 4.38. The van der Waals surface area contributed by atoms with Gasteiger partial charge in [-0.3, -0.25) is 4.79 Å². The maximum absolute atomic E-state index is 11.8. The fourth-order valence-corrected chi connectivity index (χ4v) is 3.95. The smallest absolute Gasteiger partial charge is 0.310 e. The van der Waals surface area contributed by atoms with Gasteiger partial charge in [0.2, 0.25) is 0 Å². The molecule has 1 aromatic heterocycles. The van der Waals surface area contributed by atoms with Crippen LogP contribution in [0.3, 0.4) is 0 Å². The van der Waals surface area contributed by atoms with Crippen molar-refractivity contribution in [1.82, 2.24) is 9.55 Å². The van der Waals surface area contributed by atoms with Gasteiger partial charge in [0.25, 0.3) is 0 Å². The molecule has 0 N–H and O–H groups in total. The first-order chi connectivity index (χ1) is 13.6. The number of methoxy groups -OCH3 is 1. The molecule has 3 aromatic rings. The average Bonchev–Trinajstić information content (AvgIpc) is 3.16. The zero-order valence-electron chi connectivity index (χ0n) is 16.5. The highest BCUT2D eigenvalue weighted by molar-refractivity contribution is 5.72. The molecule has 0 amide bonds. The number of benzene rings is 2. The Labute approximate surface area is 166 Å². The molecule has 0 bridgehead atoms. The molecule has 0 saturated heterocycles. The topological polar surface area (TPSA) is 44.1 Å². The number of carbonyl (C=O) groups is 1. The third-order valence-electron chi connectivity index (χ3n) is 5.72. The molecule has 1 atom stereocenters. The van der Waals surface area contributed by atoms with Crippen molar-refractivity contribution < 1.29 is 9.53 Å². The van der Waals surface area contributed by atoms with Crippen LogP contribution in [0.4, 0.5) is 0 Å². The normalized spacial score (nSPS) is 15.9. The number of aryl methyl sites for hydroxylation is 4. The Morgan fingerprint density at radius 3 is 2.68 bits per heavy atom. The van der Waals surface area contributed by atoms with Crippen LogP contribution in [0.25, 0.3) is 11.3 Å². The fraction of sp³-hybridized carbons (Fsp3) is 0.333. The number of esters is 1. The van der Waals surface area contributed by atoms with Crippen LogP contribution >= 0.6 is 0 Å². The first-order valence-electron chi connectivity index (χ1n) is 9.91. The maximum Gasteiger partial charge on any atom is 0.310 e. The van der Waals surface area contributed by atoms with Gasteiger partial charge in [0.1, 0.15) is 5.82 Å². The van der Waals surface area contributed by atoms with Crippen molar-refractivity contribution in [2.75, 3.05) is 7.11 Å². The summed E-state index contributed by atoms with van der Waals surface area (Å²) in [4.78, 5) is 16.6. The maximum atomic E-state index is 11.8. The minimum Gasteiger partial charge on any atom is -0.469 e. The molecule has 2 aromatic carbocycles. The van der Waals surface area contributed by atoms with E-state index in [1.165, 1.54) is 23.8 Å². The van der Waals surface area contributed by atoms with Gasteiger partial charge in [-0.1, -0.05) is 48.5 Å². The second kappa shape index (κ2) is 8.01. The first kappa shape index (κ1) is 18.5. The lowest BCUT2D eigenvalue weighted by Gasteiger charge is -2.21. The number of carbonyl (C=O) groups excluding carboxylic acids is 1. The summed E-state index contributed by atoms with van der Waals surface area (Å²) in [5.41, 5.74) is 6.20. The molecule has 4 rings (SSSR count). The Balaban J connectivity index is 1.44. The Bertz CT molecular complexity index is 973. The predicted molar refractivity (Wildman–Crippen MR) is 110 cm³/mol. The monoisotopic (exact) mass is 374 g/mol. The Hall–Kier alpha value is -2.88. The molecule has 28 heavy (non-hydrogen) atoms. The molecule has 0 radical (unpaired) electrons. The molecule has 1 aliphatic heterocycles. The van der Waals surface area contributed by atoms with Gasteiger partial charge in [0.15, 0.2) is 0 Å². The van der Waals surface area contributed by atoms with Crippen molar-refractivity contribution in [3.63, 3.8) is 0 Å². The number of aromatic nitrogens is 2. The molecule has 0 saturated carbocycles. The van der Waals surface area contributed by atoms with E-state index in [2.05, 4.69) is 66.2 Å². The van der Waals surface area contributed by atoms with Gasteiger partial charge in [-0.25, -0.2) is 4.98 Å². The van der Waals surface area contributed by atoms with Crippen molar-refractivity contribution in [3.05, 3.63) is 77.2 Å². The largest absolute Gasteiger partial charge is 0.469 e. The van der Waals surface area contributed by atoms with Gasteiger partial charge in [0.05, 0.1) is 18.7 Å². The summed E-state index contributed by atoms with van der Waals surface area (Å²) in [5.74, 6) is 0.862.